The molecule has 26 heavy (non-hydrogen) atoms. The van der Waals surface area contributed by atoms with Crippen LogP contribution in [0.15, 0.2) is 62.9 Å². The van der Waals surface area contributed by atoms with Gasteiger partial charge in [0.05, 0.1) is 11.3 Å². The second-order valence-corrected chi connectivity index (χ2v) is 6.68. The maximum Gasteiger partial charge on any atom is 0.339 e. The number of pyridine rings is 1. The summed E-state index contributed by atoms with van der Waals surface area (Å²) in [6.07, 6.45) is 3.32. The zero-order valence-electron chi connectivity index (χ0n) is 13.4. The molecule has 0 spiro atoms. The first-order chi connectivity index (χ1) is 12.7. The van der Waals surface area contributed by atoms with E-state index in [9.17, 15) is 4.79 Å². The van der Waals surface area contributed by atoms with E-state index in [-0.39, 0.29) is 6.61 Å². The summed E-state index contributed by atoms with van der Waals surface area (Å²) in [7, 11) is 0. The lowest BCUT2D eigenvalue weighted by Gasteiger charge is -2.00. The predicted molar refractivity (Wildman–Crippen MR) is 100 cm³/mol. The topological polar surface area (TPSA) is 78.1 Å². The Bertz CT molecular complexity index is 934. The lowest BCUT2D eigenvalue weighted by molar-refractivity contribution is 0.0556. The summed E-state index contributed by atoms with van der Waals surface area (Å²) in [5.41, 5.74) is 1.30. The first kappa shape index (κ1) is 18.2. The molecule has 0 aliphatic carbocycles. The molecule has 2 aromatic heterocycles. The van der Waals surface area contributed by atoms with E-state index in [1.807, 2.05) is 0 Å². The third-order valence-corrected chi connectivity index (χ3v) is 4.31. The second kappa shape index (κ2) is 9.17. The number of carbonyl (C=O) groups excluding carboxylic acids is 1. The third-order valence-electron chi connectivity index (χ3n) is 3.08. The number of aromatic nitrogens is 3. The molecule has 0 saturated heterocycles. The number of hydrogen-bond acceptors (Lipinski definition) is 7. The van der Waals surface area contributed by atoms with Crippen LogP contribution in [0.4, 0.5) is 0 Å². The van der Waals surface area contributed by atoms with Gasteiger partial charge in [-0.15, -0.1) is 10.2 Å². The van der Waals surface area contributed by atoms with Crippen LogP contribution in [-0.4, -0.2) is 33.5 Å². The van der Waals surface area contributed by atoms with Gasteiger partial charge in [0.15, 0.2) is 6.61 Å². The van der Waals surface area contributed by atoms with Gasteiger partial charge < -0.3 is 9.15 Å². The summed E-state index contributed by atoms with van der Waals surface area (Å²) in [6.45, 7) is 0.0293. The Morgan fingerprint density at radius 2 is 1.88 bits per heavy atom. The van der Waals surface area contributed by atoms with Gasteiger partial charge in [0.25, 0.3) is 5.22 Å². The van der Waals surface area contributed by atoms with Crippen molar-refractivity contribution >= 4 is 33.7 Å². The van der Waals surface area contributed by atoms with Crippen LogP contribution < -0.4 is 0 Å². The van der Waals surface area contributed by atoms with Crippen LogP contribution in [0.25, 0.3) is 11.5 Å². The van der Waals surface area contributed by atoms with Crippen molar-refractivity contribution in [3.8, 4) is 23.3 Å². The van der Waals surface area contributed by atoms with E-state index < -0.39 is 5.97 Å². The van der Waals surface area contributed by atoms with Crippen LogP contribution in [0.5, 0.6) is 0 Å². The molecule has 130 valence electrons. The quantitative estimate of drug-likeness (QED) is 0.346. The molecule has 0 atom stereocenters. The molecule has 0 unspecified atom stereocenters. The lowest BCUT2D eigenvalue weighted by Crippen LogP contribution is -2.04. The molecule has 0 aliphatic rings. The molecule has 0 N–H and O–H groups in total. The fraction of sp³-hybridized carbons (Fsp3) is 0.111. The minimum atomic E-state index is -0.404. The van der Waals surface area contributed by atoms with Gasteiger partial charge in [-0.05, 0) is 36.4 Å². The average Bonchev–Trinajstić information content (AvgIpc) is 3.14. The van der Waals surface area contributed by atoms with E-state index in [1.54, 1.807) is 48.8 Å². The minimum absolute atomic E-state index is 0.0293. The van der Waals surface area contributed by atoms with E-state index in [0.717, 1.165) is 10.0 Å². The summed E-state index contributed by atoms with van der Waals surface area (Å²) >= 11 is 4.63. The van der Waals surface area contributed by atoms with Gasteiger partial charge in [-0.3, -0.25) is 4.98 Å². The molecule has 0 saturated carbocycles. The zero-order chi connectivity index (χ0) is 18.2. The fourth-order valence-corrected chi connectivity index (χ4v) is 2.65. The molecule has 0 amide bonds. The molecule has 0 aliphatic heterocycles. The number of thioether (sulfide) groups is 1. The van der Waals surface area contributed by atoms with Crippen LogP contribution in [0, 0.1) is 11.8 Å². The molecule has 3 rings (SSSR count). The maximum absolute atomic E-state index is 11.8. The van der Waals surface area contributed by atoms with Crippen molar-refractivity contribution in [2.24, 2.45) is 0 Å². The molecule has 2 heterocycles. The van der Waals surface area contributed by atoms with Gasteiger partial charge >= 0.3 is 5.97 Å². The highest BCUT2D eigenvalue weighted by Crippen LogP contribution is 2.22. The molecule has 8 heteroatoms. The van der Waals surface area contributed by atoms with Gasteiger partial charge in [-0.1, -0.05) is 39.5 Å². The first-order valence-electron chi connectivity index (χ1n) is 7.47. The molecule has 6 nitrogen and oxygen atoms in total. The Kier molecular flexibility index (Phi) is 6.41. The van der Waals surface area contributed by atoms with Crippen LogP contribution >= 0.6 is 27.7 Å². The van der Waals surface area contributed by atoms with Crippen molar-refractivity contribution in [3.05, 3.63) is 58.8 Å². The van der Waals surface area contributed by atoms with E-state index in [4.69, 9.17) is 9.15 Å². The number of benzene rings is 1. The van der Waals surface area contributed by atoms with Gasteiger partial charge in [-0.2, -0.15) is 0 Å². The summed E-state index contributed by atoms with van der Waals surface area (Å²) in [6, 6.07) is 10.5. The summed E-state index contributed by atoms with van der Waals surface area (Å²) in [4.78, 5) is 15.7. The Morgan fingerprint density at radius 3 is 2.65 bits per heavy atom. The van der Waals surface area contributed by atoms with Crippen molar-refractivity contribution in [1.82, 2.24) is 15.2 Å². The number of ether oxygens (including phenoxy) is 1. The molecule has 1 aromatic carbocycles. The van der Waals surface area contributed by atoms with Gasteiger partial charge in [0, 0.05) is 22.4 Å². The van der Waals surface area contributed by atoms with Crippen molar-refractivity contribution in [2.75, 3.05) is 12.4 Å². The zero-order valence-corrected chi connectivity index (χ0v) is 15.8. The Balaban J connectivity index is 1.42. The van der Waals surface area contributed by atoms with Gasteiger partial charge in [-0.25, -0.2) is 4.79 Å². The van der Waals surface area contributed by atoms with Crippen molar-refractivity contribution in [3.63, 3.8) is 0 Å². The van der Waals surface area contributed by atoms with E-state index in [2.05, 4.69) is 43.0 Å². The molecule has 0 radical (unpaired) electrons. The average molecular weight is 430 g/mol. The minimum Gasteiger partial charge on any atom is -0.449 e. The molecular weight excluding hydrogens is 418 g/mol. The highest BCUT2D eigenvalue weighted by Gasteiger charge is 2.08. The predicted octanol–water partition coefficient (Wildman–Crippen LogP) is 3.85. The first-order valence-corrected chi connectivity index (χ1v) is 9.25. The van der Waals surface area contributed by atoms with E-state index >= 15 is 0 Å². The smallest absolute Gasteiger partial charge is 0.339 e. The van der Waals surface area contributed by atoms with Crippen molar-refractivity contribution < 1.29 is 13.9 Å². The number of rotatable bonds is 5. The van der Waals surface area contributed by atoms with Crippen LogP contribution in [-0.2, 0) is 4.74 Å². The van der Waals surface area contributed by atoms with E-state index in [0.29, 0.717) is 22.4 Å². The number of esters is 1. The Hall–Kier alpha value is -2.63. The molecular formula is C18H12BrN3O3S. The number of nitrogens with zero attached hydrogens (tertiary/aromatic N) is 3. The Labute approximate surface area is 162 Å². The van der Waals surface area contributed by atoms with E-state index in [1.165, 1.54) is 11.8 Å². The number of hydrogen-bond donors (Lipinski definition) is 0. The maximum atomic E-state index is 11.8. The Morgan fingerprint density at radius 1 is 1.12 bits per heavy atom. The molecule has 0 bridgehead atoms. The van der Waals surface area contributed by atoms with Crippen LogP contribution in [0.1, 0.15) is 10.4 Å². The fourth-order valence-electron chi connectivity index (χ4n) is 1.85. The van der Waals surface area contributed by atoms with Gasteiger partial charge in [0.1, 0.15) is 0 Å². The largest absolute Gasteiger partial charge is 0.449 e. The third kappa shape index (κ3) is 5.18. The van der Waals surface area contributed by atoms with Gasteiger partial charge in [0.2, 0.25) is 5.89 Å². The highest BCUT2D eigenvalue weighted by molar-refractivity contribution is 9.10. The van der Waals surface area contributed by atoms with Crippen LogP contribution in [0.2, 0.25) is 0 Å². The highest BCUT2D eigenvalue weighted by atomic mass is 79.9. The second-order valence-electron chi connectivity index (χ2n) is 4.83. The number of halogens is 1. The SMILES string of the molecule is O=C(OCC#CCSc1nnc(-c2ccncc2)o1)c1ccc(Br)cc1. The van der Waals surface area contributed by atoms with Crippen molar-refractivity contribution in [1.29, 1.82) is 0 Å². The molecule has 0 fully saturated rings. The molecule has 3 aromatic rings. The lowest BCUT2D eigenvalue weighted by atomic mass is 10.2. The number of carbonyl (C=O) groups is 1. The normalized spacial score (nSPS) is 10.0. The monoisotopic (exact) mass is 429 g/mol. The summed E-state index contributed by atoms with van der Waals surface area (Å²) in [5, 5.41) is 8.36. The van der Waals surface area contributed by atoms with Crippen molar-refractivity contribution in [2.45, 2.75) is 5.22 Å². The summed E-state index contributed by atoms with van der Waals surface area (Å²) < 4.78 is 11.5. The summed E-state index contributed by atoms with van der Waals surface area (Å²) in [5.74, 6) is 6.16. The van der Waals surface area contributed by atoms with Crippen LogP contribution in [0.3, 0.4) is 0 Å². The standard InChI is InChI=1S/C18H12BrN3O3S/c19-15-5-3-14(4-6-15)17(23)24-11-1-2-12-26-18-22-21-16(25-18)13-7-9-20-10-8-13/h3-10H,11-12H2.